The van der Waals surface area contributed by atoms with Gasteiger partial charge >= 0.3 is 0 Å². The molecule has 1 rings (SSSR count). The minimum atomic E-state index is 0.0573. The van der Waals surface area contributed by atoms with E-state index in [1.165, 1.54) is 0 Å². The predicted molar refractivity (Wildman–Crippen MR) is 61.8 cm³/mol. The molecule has 1 N–H and O–H groups in total. The Balaban J connectivity index is 2.57. The number of nitrogens with zero attached hydrogens (tertiary/aromatic N) is 2. The summed E-state index contributed by atoms with van der Waals surface area (Å²) in [6.45, 7) is 1.05. The van der Waals surface area contributed by atoms with Crippen LogP contribution in [0.2, 0.25) is 0 Å². The van der Waals surface area contributed by atoms with Gasteiger partial charge in [0.1, 0.15) is 5.82 Å². The molecule has 1 heterocycles. The van der Waals surface area contributed by atoms with Gasteiger partial charge in [-0.2, -0.15) is 11.8 Å². The molecule has 0 amide bonds. The molecule has 0 unspecified atom stereocenters. The highest BCUT2D eigenvalue weighted by Crippen LogP contribution is 2.09. The van der Waals surface area contributed by atoms with Gasteiger partial charge in [0.05, 0.1) is 6.61 Å². The minimum absolute atomic E-state index is 0.0573. The van der Waals surface area contributed by atoms with Crippen LogP contribution >= 0.6 is 11.8 Å². The molecule has 0 saturated heterocycles. The zero-order valence-electron chi connectivity index (χ0n) is 8.60. The molecule has 0 aliphatic carbocycles. The molecule has 0 spiro atoms. The minimum Gasteiger partial charge on any atom is -0.392 e. The maximum atomic E-state index is 8.85. The summed E-state index contributed by atoms with van der Waals surface area (Å²) in [6, 6.07) is 3.84. The first-order valence-corrected chi connectivity index (χ1v) is 5.93. The molecule has 0 radical (unpaired) electrons. The van der Waals surface area contributed by atoms with Crippen LogP contribution in [0.3, 0.4) is 0 Å². The van der Waals surface area contributed by atoms with Crippen LogP contribution in [0.15, 0.2) is 18.3 Å². The van der Waals surface area contributed by atoms with Crippen LogP contribution in [0, 0.1) is 0 Å². The van der Waals surface area contributed by atoms with Crippen molar-refractivity contribution in [1.82, 2.24) is 4.98 Å². The summed E-state index contributed by atoms with van der Waals surface area (Å²) in [5, 5.41) is 8.85. The van der Waals surface area contributed by atoms with Gasteiger partial charge in [-0.25, -0.2) is 4.98 Å². The summed E-state index contributed by atoms with van der Waals surface area (Å²) in [7, 11) is 2.02. The second kappa shape index (κ2) is 5.88. The summed E-state index contributed by atoms with van der Waals surface area (Å²) < 4.78 is 0. The average molecular weight is 212 g/mol. The van der Waals surface area contributed by atoms with Crippen LogP contribution in [-0.2, 0) is 6.61 Å². The van der Waals surface area contributed by atoms with Crippen molar-refractivity contribution in [3.05, 3.63) is 23.9 Å². The first kappa shape index (κ1) is 11.3. The van der Waals surface area contributed by atoms with Gasteiger partial charge in [0.25, 0.3) is 0 Å². The highest BCUT2D eigenvalue weighted by atomic mass is 32.2. The van der Waals surface area contributed by atoms with Gasteiger partial charge < -0.3 is 10.0 Å². The first-order valence-electron chi connectivity index (χ1n) is 4.53. The Morgan fingerprint density at radius 1 is 1.50 bits per heavy atom. The van der Waals surface area contributed by atoms with Crippen LogP contribution in [0.25, 0.3) is 0 Å². The number of hydrogen-bond acceptors (Lipinski definition) is 4. The third-order valence-electron chi connectivity index (χ3n) is 2.01. The number of aromatic nitrogens is 1. The van der Waals surface area contributed by atoms with E-state index >= 15 is 0 Å². The molecule has 3 nitrogen and oxygen atoms in total. The molecule has 1 aromatic heterocycles. The maximum Gasteiger partial charge on any atom is 0.128 e. The topological polar surface area (TPSA) is 36.4 Å². The Hall–Kier alpha value is -0.740. The molecule has 1 aromatic rings. The number of anilines is 1. The van der Waals surface area contributed by atoms with E-state index in [0.717, 1.165) is 23.7 Å². The van der Waals surface area contributed by atoms with Gasteiger partial charge in [0.15, 0.2) is 0 Å². The third kappa shape index (κ3) is 3.20. The zero-order chi connectivity index (χ0) is 10.4. The Morgan fingerprint density at radius 3 is 2.79 bits per heavy atom. The smallest absolute Gasteiger partial charge is 0.128 e. The molecule has 14 heavy (non-hydrogen) atoms. The molecule has 0 saturated carbocycles. The molecule has 0 atom stereocenters. The molecule has 0 bridgehead atoms. The summed E-state index contributed by atoms with van der Waals surface area (Å²) in [5.41, 5.74) is 0.854. The predicted octanol–water partition coefficient (Wildman–Crippen LogP) is 1.37. The van der Waals surface area contributed by atoms with E-state index in [-0.39, 0.29) is 6.61 Å². The second-order valence-corrected chi connectivity index (χ2v) is 4.08. The molecule has 78 valence electrons. The normalized spacial score (nSPS) is 10.2. The highest BCUT2D eigenvalue weighted by molar-refractivity contribution is 7.98. The molecule has 0 aliphatic heterocycles. The van der Waals surface area contributed by atoms with E-state index in [2.05, 4.69) is 16.1 Å². The summed E-state index contributed by atoms with van der Waals surface area (Å²) in [6.07, 6.45) is 3.81. The maximum absolute atomic E-state index is 8.85. The Morgan fingerprint density at radius 2 is 2.29 bits per heavy atom. The first-order chi connectivity index (χ1) is 6.77. The zero-order valence-corrected chi connectivity index (χ0v) is 9.42. The van der Waals surface area contributed by atoms with E-state index in [0.29, 0.717) is 0 Å². The lowest BCUT2D eigenvalue weighted by Crippen LogP contribution is -2.21. The van der Waals surface area contributed by atoms with Crippen LogP contribution in [0.5, 0.6) is 0 Å². The average Bonchev–Trinajstić information content (AvgIpc) is 2.26. The standard InChI is InChI=1S/C10H16N2OS/c1-12(5-6-14-2)10-4-3-9(8-13)7-11-10/h3-4,7,13H,5-6,8H2,1-2H3. The highest BCUT2D eigenvalue weighted by Gasteiger charge is 2.00. The number of hydrogen-bond donors (Lipinski definition) is 1. The van der Waals surface area contributed by atoms with Gasteiger partial charge in [-0.1, -0.05) is 6.07 Å². The number of aliphatic hydroxyl groups is 1. The van der Waals surface area contributed by atoms with Crippen molar-refractivity contribution >= 4 is 17.6 Å². The van der Waals surface area contributed by atoms with Gasteiger partial charge in [-0.15, -0.1) is 0 Å². The van der Waals surface area contributed by atoms with Crippen molar-refractivity contribution in [3.8, 4) is 0 Å². The van der Waals surface area contributed by atoms with Gasteiger partial charge in [-0.05, 0) is 17.9 Å². The van der Waals surface area contributed by atoms with E-state index in [1.54, 1.807) is 6.20 Å². The van der Waals surface area contributed by atoms with Gasteiger partial charge in [0.2, 0.25) is 0 Å². The molecule has 0 fully saturated rings. The lowest BCUT2D eigenvalue weighted by Gasteiger charge is -2.17. The fourth-order valence-electron chi connectivity index (χ4n) is 1.08. The lowest BCUT2D eigenvalue weighted by atomic mass is 10.3. The van der Waals surface area contributed by atoms with Crippen LogP contribution in [-0.4, -0.2) is 35.7 Å². The molecular formula is C10H16N2OS. The largest absolute Gasteiger partial charge is 0.392 e. The van der Waals surface area contributed by atoms with Crippen molar-refractivity contribution in [2.24, 2.45) is 0 Å². The Bertz CT molecular complexity index is 263. The van der Waals surface area contributed by atoms with Crippen molar-refractivity contribution in [1.29, 1.82) is 0 Å². The number of thioether (sulfide) groups is 1. The summed E-state index contributed by atoms with van der Waals surface area (Å²) in [5.74, 6) is 2.05. The van der Waals surface area contributed by atoms with Gasteiger partial charge in [0, 0.05) is 25.5 Å². The van der Waals surface area contributed by atoms with E-state index in [1.807, 2.05) is 30.9 Å². The second-order valence-electron chi connectivity index (χ2n) is 3.10. The van der Waals surface area contributed by atoms with Crippen LogP contribution in [0.4, 0.5) is 5.82 Å². The number of pyridine rings is 1. The van der Waals surface area contributed by atoms with E-state index < -0.39 is 0 Å². The molecule has 4 heteroatoms. The third-order valence-corrected chi connectivity index (χ3v) is 2.60. The molecular weight excluding hydrogens is 196 g/mol. The number of rotatable bonds is 5. The molecule has 0 aliphatic rings. The quantitative estimate of drug-likeness (QED) is 0.800. The lowest BCUT2D eigenvalue weighted by molar-refractivity contribution is 0.281. The fraction of sp³-hybridized carbons (Fsp3) is 0.500. The van der Waals surface area contributed by atoms with Crippen molar-refractivity contribution in [2.45, 2.75) is 6.61 Å². The van der Waals surface area contributed by atoms with Crippen molar-refractivity contribution in [3.63, 3.8) is 0 Å². The number of aliphatic hydroxyl groups excluding tert-OH is 1. The monoisotopic (exact) mass is 212 g/mol. The van der Waals surface area contributed by atoms with Crippen molar-refractivity contribution in [2.75, 3.05) is 30.5 Å². The van der Waals surface area contributed by atoms with Crippen molar-refractivity contribution < 1.29 is 5.11 Å². The summed E-state index contributed by atoms with van der Waals surface area (Å²) in [4.78, 5) is 6.37. The van der Waals surface area contributed by atoms with E-state index in [9.17, 15) is 0 Å². The molecule has 0 aromatic carbocycles. The van der Waals surface area contributed by atoms with Gasteiger partial charge in [-0.3, -0.25) is 0 Å². The fourth-order valence-corrected chi connectivity index (χ4v) is 1.54. The summed E-state index contributed by atoms with van der Waals surface area (Å²) >= 11 is 1.82. The SMILES string of the molecule is CSCCN(C)c1ccc(CO)cn1. The Labute approximate surface area is 89.2 Å². The van der Waals surface area contributed by atoms with E-state index in [4.69, 9.17) is 5.11 Å². The Kier molecular flexibility index (Phi) is 4.76. The van der Waals surface area contributed by atoms with Crippen LogP contribution in [0.1, 0.15) is 5.56 Å². The van der Waals surface area contributed by atoms with Crippen LogP contribution < -0.4 is 4.90 Å².